The number of hydrogen-bond donors (Lipinski definition) is 1. The first-order valence-corrected chi connectivity index (χ1v) is 8.66. The van der Waals surface area contributed by atoms with Crippen molar-refractivity contribution in [1.29, 1.82) is 5.41 Å². The molecule has 0 bridgehead atoms. The Morgan fingerprint density at radius 1 is 1.00 bits per heavy atom. The van der Waals surface area contributed by atoms with Crippen LogP contribution in [0.2, 0.25) is 0 Å². The molecule has 3 rings (SSSR count). The maximum atomic E-state index is 13.9. The maximum absolute atomic E-state index is 13.9. The molecule has 3 aromatic rings. The number of halogens is 1. The van der Waals surface area contributed by atoms with Crippen LogP contribution in [0.25, 0.3) is 10.8 Å². The summed E-state index contributed by atoms with van der Waals surface area (Å²) in [5, 5.41) is 9.48. The Morgan fingerprint density at radius 2 is 1.69 bits per heavy atom. The van der Waals surface area contributed by atoms with Gasteiger partial charge in [-0.3, -0.25) is 4.79 Å². The van der Waals surface area contributed by atoms with E-state index in [4.69, 9.17) is 5.41 Å². The summed E-state index contributed by atoms with van der Waals surface area (Å²) < 4.78 is 13.9. The average Bonchev–Trinajstić information content (AvgIpc) is 2.67. The molecule has 0 aliphatic heterocycles. The van der Waals surface area contributed by atoms with Gasteiger partial charge in [0.2, 0.25) is 5.91 Å². The third-order valence-corrected chi connectivity index (χ3v) is 4.60. The first-order chi connectivity index (χ1) is 12.6. The standard InChI is InChI=1S/C22H21FN2O/c1-2-25(15-18-7-3-6-10-21(18)23)22(26)13-16-11-12-17(14-24)20-9-5-4-8-19(16)20/h3-12,14,24H,2,13,15H2,1H3. The zero-order valence-electron chi connectivity index (χ0n) is 14.7. The number of benzene rings is 3. The maximum Gasteiger partial charge on any atom is 0.227 e. The summed E-state index contributed by atoms with van der Waals surface area (Å²) in [6.07, 6.45) is 1.57. The highest BCUT2D eigenvalue weighted by atomic mass is 19.1. The van der Waals surface area contributed by atoms with Crippen molar-refractivity contribution in [3.05, 3.63) is 83.2 Å². The Hall–Kier alpha value is -3.01. The predicted molar refractivity (Wildman–Crippen MR) is 103 cm³/mol. The number of rotatable bonds is 6. The van der Waals surface area contributed by atoms with Gasteiger partial charge in [0, 0.05) is 24.9 Å². The fourth-order valence-electron chi connectivity index (χ4n) is 3.15. The van der Waals surface area contributed by atoms with Gasteiger partial charge in [0.05, 0.1) is 6.42 Å². The summed E-state index contributed by atoms with van der Waals surface area (Å²) in [6.45, 7) is 2.68. The lowest BCUT2D eigenvalue weighted by Gasteiger charge is -2.22. The van der Waals surface area contributed by atoms with Crippen LogP contribution in [0.5, 0.6) is 0 Å². The molecule has 1 amide bonds. The molecule has 26 heavy (non-hydrogen) atoms. The number of carbonyl (C=O) groups is 1. The number of fused-ring (bicyclic) bond motifs is 1. The van der Waals surface area contributed by atoms with Crippen LogP contribution < -0.4 is 0 Å². The molecule has 0 spiro atoms. The number of likely N-dealkylation sites (N-methyl/N-ethyl adjacent to an activating group) is 1. The van der Waals surface area contributed by atoms with Gasteiger partial charge in [-0.1, -0.05) is 54.6 Å². The molecule has 0 atom stereocenters. The van der Waals surface area contributed by atoms with Crippen LogP contribution in [0.1, 0.15) is 23.6 Å². The van der Waals surface area contributed by atoms with E-state index in [1.165, 1.54) is 12.3 Å². The van der Waals surface area contributed by atoms with Gasteiger partial charge >= 0.3 is 0 Å². The molecule has 3 aromatic carbocycles. The van der Waals surface area contributed by atoms with E-state index in [2.05, 4.69) is 0 Å². The van der Waals surface area contributed by atoms with Crippen LogP contribution in [0.4, 0.5) is 4.39 Å². The van der Waals surface area contributed by atoms with Gasteiger partial charge in [0.1, 0.15) is 5.82 Å². The van der Waals surface area contributed by atoms with Crippen LogP contribution in [0, 0.1) is 11.2 Å². The van der Waals surface area contributed by atoms with Crippen molar-refractivity contribution in [2.75, 3.05) is 6.54 Å². The Bertz CT molecular complexity index is 952. The molecule has 0 unspecified atom stereocenters. The van der Waals surface area contributed by atoms with Crippen molar-refractivity contribution in [2.24, 2.45) is 0 Å². The molecule has 0 aliphatic rings. The monoisotopic (exact) mass is 348 g/mol. The average molecular weight is 348 g/mol. The lowest BCUT2D eigenvalue weighted by atomic mass is 9.98. The Balaban J connectivity index is 1.86. The number of nitrogens with one attached hydrogen (secondary N) is 1. The zero-order chi connectivity index (χ0) is 18.5. The molecule has 0 radical (unpaired) electrons. The molecular formula is C22H21FN2O. The molecular weight excluding hydrogens is 327 g/mol. The molecule has 1 N–H and O–H groups in total. The van der Waals surface area contributed by atoms with Crippen molar-refractivity contribution >= 4 is 22.9 Å². The van der Waals surface area contributed by atoms with Crippen molar-refractivity contribution in [1.82, 2.24) is 4.90 Å². The minimum absolute atomic E-state index is 0.0384. The molecule has 4 heteroatoms. The third kappa shape index (κ3) is 3.64. The fraction of sp³-hybridized carbons (Fsp3) is 0.182. The van der Waals surface area contributed by atoms with Gasteiger partial charge in [-0.05, 0) is 34.9 Å². The van der Waals surface area contributed by atoms with Crippen molar-refractivity contribution in [3.8, 4) is 0 Å². The fourth-order valence-corrected chi connectivity index (χ4v) is 3.15. The number of hydrogen-bond acceptors (Lipinski definition) is 2. The van der Waals surface area contributed by atoms with Gasteiger partial charge in [0.25, 0.3) is 0 Å². The molecule has 3 nitrogen and oxygen atoms in total. The van der Waals surface area contributed by atoms with Crippen molar-refractivity contribution in [3.63, 3.8) is 0 Å². The summed E-state index contributed by atoms with van der Waals surface area (Å²) in [5.74, 6) is -0.331. The summed E-state index contributed by atoms with van der Waals surface area (Å²) >= 11 is 0. The molecule has 0 aliphatic carbocycles. The van der Waals surface area contributed by atoms with E-state index in [1.807, 2.05) is 43.3 Å². The van der Waals surface area contributed by atoms with Crippen LogP contribution in [0.3, 0.4) is 0 Å². The second kappa shape index (κ2) is 7.91. The van der Waals surface area contributed by atoms with E-state index in [0.717, 1.165) is 21.9 Å². The largest absolute Gasteiger partial charge is 0.338 e. The second-order valence-electron chi connectivity index (χ2n) is 6.18. The van der Waals surface area contributed by atoms with E-state index >= 15 is 0 Å². The van der Waals surface area contributed by atoms with Gasteiger partial charge in [0.15, 0.2) is 0 Å². The topological polar surface area (TPSA) is 44.2 Å². The summed E-state index contributed by atoms with van der Waals surface area (Å²) in [4.78, 5) is 14.5. The zero-order valence-corrected chi connectivity index (χ0v) is 14.7. The normalized spacial score (nSPS) is 10.7. The van der Waals surface area contributed by atoms with Crippen LogP contribution in [-0.4, -0.2) is 23.6 Å². The minimum atomic E-state index is -0.292. The summed E-state index contributed by atoms with van der Waals surface area (Å²) in [5.41, 5.74) is 2.27. The molecule has 0 fully saturated rings. The molecule has 0 heterocycles. The van der Waals surface area contributed by atoms with Gasteiger partial charge in [-0.15, -0.1) is 0 Å². The van der Waals surface area contributed by atoms with Gasteiger partial charge in [-0.2, -0.15) is 0 Å². The summed E-state index contributed by atoms with van der Waals surface area (Å²) in [6, 6.07) is 18.1. The van der Waals surface area contributed by atoms with E-state index in [-0.39, 0.29) is 24.7 Å². The Morgan fingerprint density at radius 3 is 2.38 bits per heavy atom. The quantitative estimate of drug-likeness (QED) is 0.652. The molecule has 0 aromatic heterocycles. The predicted octanol–water partition coefficient (Wildman–Crippen LogP) is 4.57. The van der Waals surface area contributed by atoms with Gasteiger partial charge in [-0.25, -0.2) is 4.39 Å². The Kier molecular flexibility index (Phi) is 5.42. The van der Waals surface area contributed by atoms with Crippen molar-refractivity contribution in [2.45, 2.75) is 19.9 Å². The number of amides is 1. The van der Waals surface area contributed by atoms with Crippen LogP contribution in [-0.2, 0) is 17.8 Å². The smallest absolute Gasteiger partial charge is 0.227 e. The Labute approximate surface area is 152 Å². The molecule has 132 valence electrons. The lowest BCUT2D eigenvalue weighted by molar-refractivity contribution is -0.130. The second-order valence-corrected chi connectivity index (χ2v) is 6.18. The first kappa shape index (κ1) is 17.8. The first-order valence-electron chi connectivity index (χ1n) is 8.66. The highest BCUT2D eigenvalue weighted by Crippen LogP contribution is 2.23. The number of carbonyl (C=O) groups excluding carboxylic acids is 1. The number of nitrogens with zero attached hydrogens (tertiary/aromatic N) is 1. The van der Waals surface area contributed by atoms with E-state index < -0.39 is 0 Å². The lowest BCUT2D eigenvalue weighted by Crippen LogP contribution is -2.32. The third-order valence-electron chi connectivity index (χ3n) is 4.60. The van der Waals surface area contributed by atoms with Gasteiger partial charge < -0.3 is 10.3 Å². The van der Waals surface area contributed by atoms with E-state index in [1.54, 1.807) is 23.1 Å². The van der Waals surface area contributed by atoms with E-state index in [0.29, 0.717) is 12.1 Å². The SMILES string of the molecule is CCN(Cc1ccccc1F)C(=O)Cc1ccc(C=N)c2ccccc12. The highest BCUT2D eigenvalue weighted by molar-refractivity contribution is 6.01. The van der Waals surface area contributed by atoms with Crippen LogP contribution >= 0.6 is 0 Å². The molecule has 0 saturated heterocycles. The van der Waals surface area contributed by atoms with E-state index in [9.17, 15) is 9.18 Å². The van der Waals surface area contributed by atoms with Crippen molar-refractivity contribution < 1.29 is 9.18 Å². The summed E-state index contributed by atoms with van der Waals surface area (Å²) in [7, 11) is 0. The molecule has 0 saturated carbocycles. The minimum Gasteiger partial charge on any atom is -0.338 e. The highest BCUT2D eigenvalue weighted by Gasteiger charge is 2.16. The van der Waals surface area contributed by atoms with Crippen LogP contribution in [0.15, 0.2) is 60.7 Å².